The zero-order chi connectivity index (χ0) is 83.6. The average molecular weight is 1570 g/mol. The number of H-pyrrole nitrogens is 1. The van der Waals surface area contributed by atoms with Crippen LogP contribution in [-0.2, 0) is 106 Å². The Bertz CT molecular complexity index is 4390. The Labute approximate surface area is 646 Å². The van der Waals surface area contributed by atoms with Crippen LogP contribution in [0.4, 0.5) is 0 Å². The van der Waals surface area contributed by atoms with Crippen molar-refractivity contribution in [2.75, 3.05) is 13.7 Å². The quantitative estimate of drug-likeness (QED) is 0.0290. The van der Waals surface area contributed by atoms with Gasteiger partial charge in [-0.2, -0.15) is 0 Å². The lowest BCUT2D eigenvalue weighted by molar-refractivity contribution is -0.144. The molecule has 24 N–H and O–H groups in total. The number of carbonyl (C=O) groups is 18. The van der Waals surface area contributed by atoms with E-state index in [1.54, 1.807) is 91.0 Å². The van der Waals surface area contributed by atoms with E-state index in [9.17, 15) is 86.9 Å². The van der Waals surface area contributed by atoms with Crippen molar-refractivity contribution in [1.29, 1.82) is 0 Å². The maximum absolute atomic E-state index is 15.2. The van der Waals surface area contributed by atoms with Crippen LogP contribution in [0.25, 0.3) is 21.7 Å². The van der Waals surface area contributed by atoms with Gasteiger partial charge < -0.3 is 112 Å². The Morgan fingerprint density at radius 1 is 0.584 bits per heavy atom. The second-order valence-electron chi connectivity index (χ2n) is 27.6. The number of rotatable bonds is 23. The van der Waals surface area contributed by atoms with E-state index in [4.69, 9.17) is 27.7 Å². The fraction of sp³-hybridized carbons (Fsp3) is 0.432. The summed E-state index contributed by atoms with van der Waals surface area (Å²) in [6.07, 6.45) is -6.67. The Morgan fingerprint density at radius 3 is 1.78 bits per heavy atom. The van der Waals surface area contributed by atoms with Crippen molar-refractivity contribution in [3.05, 3.63) is 114 Å². The predicted octanol–water partition coefficient (Wildman–Crippen LogP) is -5.33. The van der Waals surface area contributed by atoms with Crippen LogP contribution in [0.2, 0.25) is 0 Å². The zero-order valence-corrected chi connectivity index (χ0v) is 62.8. The molecular weight excluding hydrogens is 1480 g/mol. The monoisotopic (exact) mass is 1570 g/mol. The van der Waals surface area contributed by atoms with Crippen molar-refractivity contribution in [2.24, 2.45) is 22.9 Å². The number of benzene rings is 4. The minimum atomic E-state index is -2.18. The van der Waals surface area contributed by atoms with Crippen molar-refractivity contribution in [1.82, 2.24) is 74.1 Å². The van der Waals surface area contributed by atoms with E-state index in [0.29, 0.717) is 44.1 Å². The summed E-state index contributed by atoms with van der Waals surface area (Å²) in [6, 6.07) is 5.17. The van der Waals surface area contributed by atoms with Gasteiger partial charge >= 0.3 is 5.97 Å². The van der Waals surface area contributed by atoms with E-state index >= 15 is 9.59 Å². The number of fused-ring (bicyclic) bond motifs is 2. The fourth-order valence-electron chi connectivity index (χ4n) is 12.0. The lowest BCUT2D eigenvalue weighted by atomic mass is 9.96. The van der Waals surface area contributed by atoms with Gasteiger partial charge in [0.25, 0.3) is 0 Å². The third-order valence-corrected chi connectivity index (χ3v) is 18.1. The highest BCUT2D eigenvalue weighted by Crippen LogP contribution is 2.23. The number of aliphatic hydroxyl groups is 1. The Kier molecular flexibility index (Phi) is 32.7. The van der Waals surface area contributed by atoms with Crippen molar-refractivity contribution >= 4 is 128 Å². The van der Waals surface area contributed by atoms with E-state index in [1.165, 1.54) is 34.1 Å². The third kappa shape index (κ3) is 27.5. The van der Waals surface area contributed by atoms with Crippen LogP contribution in [0.5, 0.6) is 5.75 Å². The highest BCUT2D eigenvalue weighted by molar-refractivity contribution is 6.03. The van der Waals surface area contributed by atoms with Gasteiger partial charge in [-0.25, -0.2) is 4.79 Å². The molecule has 4 aromatic carbocycles. The summed E-state index contributed by atoms with van der Waals surface area (Å²) < 4.78 is 5.34. The number of carboxylic acids is 1. The maximum Gasteiger partial charge on any atom is 0.326 e. The number of ether oxygens (including phenoxy) is 1. The van der Waals surface area contributed by atoms with Crippen molar-refractivity contribution < 1.29 is 101 Å². The summed E-state index contributed by atoms with van der Waals surface area (Å²) in [5, 5.41) is 54.2. The number of carbonyl (C=O) groups excluding carboxylic acids is 17. The largest absolute Gasteiger partial charge is 0.497 e. The lowest BCUT2D eigenvalue weighted by Gasteiger charge is -2.31. The van der Waals surface area contributed by atoms with Crippen LogP contribution in [0.15, 0.2) is 97.2 Å². The second kappa shape index (κ2) is 41.6. The molecule has 1 fully saturated rings. The van der Waals surface area contributed by atoms with Gasteiger partial charge in [0, 0.05) is 56.3 Å². The van der Waals surface area contributed by atoms with E-state index in [2.05, 4.69) is 68.8 Å². The number of hydrogen-bond donors (Lipinski definition) is 20. The first kappa shape index (κ1) is 88.8. The van der Waals surface area contributed by atoms with Crippen LogP contribution in [-0.4, -0.2) is 213 Å². The van der Waals surface area contributed by atoms with Crippen molar-refractivity contribution in [2.45, 2.75) is 190 Å². The number of amides is 17. The molecule has 113 heavy (non-hydrogen) atoms. The molecule has 0 saturated carbocycles. The molecule has 17 amide bonds. The van der Waals surface area contributed by atoms with Crippen LogP contribution in [0.3, 0.4) is 0 Å². The Morgan fingerprint density at radius 2 is 1.15 bits per heavy atom. The van der Waals surface area contributed by atoms with Crippen LogP contribution >= 0.6 is 0 Å². The lowest BCUT2D eigenvalue weighted by Crippen LogP contribution is -2.64. The topological polar surface area (TPSA) is 633 Å². The van der Waals surface area contributed by atoms with Gasteiger partial charge in [0.05, 0.1) is 38.9 Å². The number of carboxylic acid groups (broad SMARTS) is 1. The molecule has 1 aliphatic rings. The molecule has 0 aliphatic carbocycles. The molecule has 1 aliphatic heterocycles. The van der Waals surface area contributed by atoms with E-state index in [-0.39, 0.29) is 45.1 Å². The van der Waals surface area contributed by atoms with Crippen molar-refractivity contribution in [3.63, 3.8) is 0 Å². The SMILES string of the molecule is COc1ccc(C[C@@H]2NC(=O)[C@H](C)NC(=O)[C@H](CCC(N)=O)NC(=O)[C@H](Cc3c[nH]c4ccccc34)NC(=O)C([C@@H](C)O)NC(=O)[C@H](CC(N)=O)NC(=O)[C@H](NC(C)=O)CCCCNC(=O)C[C@H](C(=O)N[C@@H](CC(N)=O)C(=O)N[C@@H](CC(N)=O)C(=O)O)NC(=O)C(C)(C)NC(=O)[C@H](Cc3cccc4ccccc34)NC2=O)cc1. The highest BCUT2D eigenvalue weighted by Gasteiger charge is 2.41. The number of hydrogen-bond acceptors (Lipinski definition) is 20. The predicted molar refractivity (Wildman–Crippen MR) is 402 cm³/mol. The second-order valence-corrected chi connectivity index (χ2v) is 27.6. The summed E-state index contributed by atoms with van der Waals surface area (Å²) in [6.45, 7) is 5.38. The number of nitrogens with one attached hydrogen (secondary N) is 14. The molecule has 6 rings (SSSR count). The molecule has 12 atom stereocenters. The standard InChI is InChI=1S/C74H96N18O21/c1-36-62(100)84-49(28-39-21-23-43(113-6)24-22-39)65(103)85-51(29-41-16-13-15-40-14-7-8-17-44(40)41)70(108)92-74(4,5)73(112)90-54(68(106)87-52(31-57(76)96)67(105)89-55(72(110)111)33-59(78)98)34-60(99)79-27-12-11-20-47(82-38(3)94)64(102)86-53(32-58(77)97)69(107)91-61(37(2)93)71(109)88-50(30-42-35-80-46-19-10-9-18-45(42)46)66(104)83-48(63(101)81-36)25-26-56(75)95/h7-10,13-19,21-24,35-37,47-55,61,80,93H,11-12,20,25-34H2,1-6H3,(H2,75,95)(H2,76,96)(H2,77,97)(H2,78,98)(H,79,99)(H,81,101)(H,82,94)(H,83,104)(H,84,100)(H,85,103)(H,86,102)(H,87,106)(H,88,109)(H,89,105)(H,90,112)(H,91,107)(H,92,108)(H,110,111)/t36-,37+,47+,48-,49-,50-,51-,52-,53-,54+,55-,61?/m0/s1. The molecular formula is C74H96N18O21. The fourth-order valence-corrected chi connectivity index (χ4v) is 12.0. The first-order valence-corrected chi connectivity index (χ1v) is 35.9. The number of nitrogens with two attached hydrogens (primary N) is 4. The van der Waals surface area contributed by atoms with Crippen LogP contribution in [0, 0.1) is 0 Å². The van der Waals surface area contributed by atoms with Crippen LogP contribution < -0.4 is 96.8 Å². The average Bonchev–Trinajstić information content (AvgIpc) is 1.64. The molecule has 1 aromatic heterocycles. The Hall–Kier alpha value is -13.1. The molecule has 5 aromatic rings. The summed E-state index contributed by atoms with van der Waals surface area (Å²) >= 11 is 0. The first-order chi connectivity index (χ1) is 53.3. The van der Waals surface area contributed by atoms with E-state index in [0.717, 1.165) is 13.8 Å². The third-order valence-electron chi connectivity index (χ3n) is 18.1. The maximum atomic E-state index is 15.2. The number of primary amides is 4. The van der Waals surface area contributed by atoms with Crippen molar-refractivity contribution in [3.8, 4) is 5.75 Å². The highest BCUT2D eigenvalue weighted by atomic mass is 16.5. The van der Waals surface area contributed by atoms with E-state index in [1.807, 2.05) is 5.32 Å². The molecule has 1 saturated heterocycles. The summed E-state index contributed by atoms with van der Waals surface area (Å²) in [7, 11) is 1.41. The summed E-state index contributed by atoms with van der Waals surface area (Å²) in [4.78, 5) is 251. The van der Waals surface area contributed by atoms with Gasteiger partial charge in [-0.3, -0.25) is 81.5 Å². The molecule has 2 heterocycles. The van der Waals surface area contributed by atoms with Gasteiger partial charge in [-0.15, -0.1) is 0 Å². The number of aromatic amines is 1. The van der Waals surface area contributed by atoms with Gasteiger partial charge in [0.2, 0.25) is 100 Å². The Balaban J connectivity index is 1.45. The first-order valence-electron chi connectivity index (χ1n) is 35.9. The number of aliphatic hydroxyl groups excluding tert-OH is 1. The summed E-state index contributed by atoms with van der Waals surface area (Å²) in [5.74, 6) is -20.7. The zero-order valence-electron chi connectivity index (χ0n) is 62.8. The minimum Gasteiger partial charge on any atom is -0.497 e. The van der Waals surface area contributed by atoms with Gasteiger partial charge in [-0.1, -0.05) is 72.8 Å². The number of aromatic nitrogens is 1. The molecule has 39 nitrogen and oxygen atoms in total. The summed E-state index contributed by atoms with van der Waals surface area (Å²) in [5.41, 5.74) is 21.4. The normalized spacial score (nSPS) is 22.0. The van der Waals surface area contributed by atoms with E-state index < -0.39 is 223 Å². The molecule has 608 valence electrons. The molecule has 0 spiro atoms. The molecule has 1 unspecified atom stereocenters. The molecule has 39 heteroatoms. The number of para-hydroxylation sites is 1. The van der Waals surface area contributed by atoms with Gasteiger partial charge in [-0.05, 0) is 99.0 Å². The van der Waals surface area contributed by atoms with Gasteiger partial charge in [0.1, 0.15) is 77.7 Å². The minimum absolute atomic E-state index is 0.0323. The molecule has 0 radical (unpaired) electrons. The number of methoxy groups -OCH3 is 1. The van der Waals surface area contributed by atoms with Gasteiger partial charge in [0.15, 0.2) is 0 Å². The molecule has 0 bridgehead atoms. The smallest absolute Gasteiger partial charge is 0.326 e. The van der Waals surface area contributed by atoms with Crippen LogP contribution in [0.1, 0.15) is 109 Å². The number of aliphatic carboxylic acids is 1.